The van der Waals surface area contributed by atoms with Crippen LogP contribution in [0.5, 0.6) is 0 Å². The molecule has 82 valence electrons. The highest BCUT2D eigenvalue weighted by molar-refractivity contribution is 5.75. The predicted molar refractivity (Wildman–Crippen MR) is 49.9 cm³/mol. The molecule has 15 heavy (non-hydrogen) atoms. The van der Waals surface area contributed by atoms with Gasteiger partial charge in [-0.1, -0.05) is 0 Å². The van der Waals surface area contributed by atoms with E-state index in [1.807, 2.05) is 0 Å². The van der Waals surface area contributed by atoms with Gasteiger partial charge in [-0.05, 0) is 11.6 Å². The normalized spacial score (nSPS) is 24.3. The zero-order valence-corrected chi connectivity index (χ0v) is 8.56. The Balaban J connectivity index is 2.68. The molecule has 0 aromatic heterocycles. The fourth-order valence-electron chi connectivity index (χ4n) is 1.45. The maximum Gasteiger partial charge on any atom is 0.303 e. The van der Waals surface area contributed by atoms with Crippen LogP contribution in [0.3, 0.4) is 0 Å². The topological polar surface area (TPSA) is 69.7 Å². The molecule has 0 spiro atoms. The summed E-state index contributed by atoms with van der Waals surface area (Å²) >= 11 is 0. The lowest BCUT2D eigenvalue weighted by Gasteiger charge is -2.18. The van der Waals surface area contributed by atoms with E-state index < -0.39 is 24.1 Å². The van der Waals surface area contributed by atoms with Crippen LogP contribution in [-0.2, 0) is 23.9 Å². The number of aldehydes is 1. The molecule has 0 heterocycles. The molecule has 0 fully saturated rings. The Labute approximate surface area is 87.0 Å². The largest absolute Gasteiger partial charge is 0.458 e. The Bertz CT molecular complexity index is 318. The van der Waals surface area contributed by atoms with Gasteiger partial charge in [0.05, 0.1) is 0 Å². The van der Waals surface area contributed by atoms with E-state index in [4.69, 9.17) is 9.47 Å². The zero-order chi connectivity index (χ0) is 11.4. The van der Waals surface area contributed by atoms with E-state index in [0.29, 0.717) is 18.3 Å². The second-order valence-corrected chi connectivity index (χ2v) is 3.29. The van der Waals surface area contributed by atoms with Crippen molar-refractivity contribution in [2.45, 2.75) is 32.5 Å². The van der Waals surface area contributed by atoms with Crippen molar-refractivity contribution in [2.75, 3.05) is 0 Å². The molecule has 0 aromatic carbocycles. The fraction of sp³-hybridized carbons (Fsp3) is 0.500. The molecule has 0 bridgehead atoms. The van der Waals surface area contributed by atoms with Gasteiger partial charge in [0, 0.05) is 20.3 Å². The summed E-state index contributed by atoms with van der Waals surface area (Å²) in [6, 6.07) is 0. The summed E-state index contributed by atoms with van der Waals surface area (Å²) in [5.74, 6) is -0.932. The average Bonchev–Trinajstić information content (AvgIpc) is 2.46. The van der Waals surface area contributed by atoms with Gasteiger partial charge in [-0.15, -0.1) is 0 Å². The smallest absolute Gasteiger partial charge is 0.303 e. The van der Waals surface area contributed by atoms with Crippen molar-refractivity contribution in [1.82, 2.24) is 0 Å². The Hall–Kier alpha value is -1.65. The van der Waals surface area contributed by atoms with Gasteiger partial charge in [-0.25, -0.2) is 0 Å². The van der Waals surface area contributed by atoms with Crippen LogP contribution in [0.15, 0.2) is 11.6 Å². The quantitative estimate of drug-likeness (QED) is 0.499. The van der Waals surface area contributed by atoms with Gasteiger partial charge in [-0.3, -0.25) is 14.4 Å². The summed E-state index contributed by atoms with van der Waals surface area (Å²) in [7, 11) is 0. The predicted octanol–water partition coefficient (Wildman–Crippen LogP) is 0.379. The molecule has 5 nitrogen and oxygen atoms in total. The van der Waals surface area contributed by atoms with Crippen molar-refractivity contribution in [3.05, 3.63) is 11.6 Å². The Morgan fingerprint density at radius 1 is 1.33 bits per heavy atom. The second-order valence-electron chi connectivity index (χ2n) is 3.29. The van der Waals surface area contributed by atoms with E-state index in [1.165, 1.54) is 19.9 Å². The summed E-state index contributed by atoms with van der Waals surface area (Å²) in [5, 5.41) is 0. The van der Waals surface area contributed by atoms with E-state index in [9.17, 15) is 14.4 Å². The molecule has 2 atom stereocenters. The van der Waals surface area contributed by atoms with Gasteiger partial charge in [0.25, 0.3) is 0 Å². The molecule has 5 heteroatoms. The lowest BCUT2D eigenvalue weighted by atomic mass is 10.2. The van der Waals surface area contributed by atoms with Crippen LogP contribution in [0.25, 0.3) is 0 Å². The van der Waals surface area contributed by atoms with Crippen LogP contribution in [0.4, 0.5) is 0 Å². The highest BCUT2D eigenvalue weighted by Gasteiger charge is 2.32. The van der Waals surface area contributed by atoms with Gasteiger partial charge < -0.3 is 9.47 Å². The van der Waals surface area contributed by atoms with Crippen LogP contribution in [0.1, 0.15) is 20.3 Å². The maximum atomic E-state index is 10.8. The minimum atomic E-state index is -0.647. The highest BCUT2D eigenvalue weighted by Crippen LogP contribution is 2.23. The monoisotopic (exact) mass is 212 g/mol. The van der Waals surface area contributed by atoms with Crippen molar-refractivity contribution in [3.8, 4) is 0 Å². The van der Waals surface area contributed by atoms with Gasteiger partial charge in [0.15, 0.2) is 6.10 Å². The Morgan fingerprint density at radius 2 is 1.93 bits per heavy atom. The summed E-state index contributed by atoms with van der Waals surface area (Å²) in [6.45, 7) is 2.53. The standard InChI is InChI=1S/C10H12O5/c1-6(12)14-9-3-8(5-11)4-10(9)15-7(2)13/h3,5,9-10H,4H2,1-2H3/t9-,10+/m0/s1. The molecule has 1 rings (SSSR count). The molecule has 1 aliphatic rings. The average molecular weight is 212 g/mol. The molecule has 0 saturated carbocycles. The SMILES string of the molecule is CC(=O)O[C@H]1C=C(C=O)C[C@H]1OC(C)=O. The molecule has 1 aliphatic carbocycles. The lowest BCUT2D eigenvalue weighted by Crippen LogP contribution is -2.29. The summed E-state index contributed by atoms with van der Waals surface area (Å²) in [6.07, 6.45) is 1.24. The van der Waals surface area contributed by atoms with Crippen LogP contribution in [0.2, 0.25) is 0 Å². The van der Waals surface area contributed by atoms with E-state index in [1.54, 1.807) is 0 Å². The van der Waals surface area contributed by atoms with Crippen molar-refractivity contribution < 1.29 is 23.9 Å². The first-order valence-corrected chi connectivity index (χ1v) is 4.53. The third kappa shape index (κ3) is 3.19. The number of carbonyl (C=O) groups is 3. The van der Waals surface area contributed by atoms with E-state index in [0.717, 1.165) is 0 Å². The highest BCUT2D eigenvalue weighted by atomic mass is 16.6. The first-order valence-electron chi connectivity index (χ1n) is 4.53. The minimum absolute atomic E-state index is 0.293. The third-order valence-electron chi connectivity index (χ3n) is 1.95. The molecular formula is C10H12O5. The van der Waals surface area contributed by atoms with Crippen LogP contribution < -0.4 is 0 Å². The number of hydrogen-bond donors (Lipinski definition) is 0. The van der Waals surface area contributed by atoms with Crippen molar-refractivity contribution in [1.29, 1.82) is 0 Å². The molecule has 0 N–H and O–H groups in total. The molecule has 0 aliphatic heterocycles. The number of carbonyl (C=O) groups excluding carboxylic acids is 3. The second kappa shape index (κ2) is 4.72. The molecule has 0 radical (unpaired) electrons. The first-order chi connectivity index (χ1) is 7.02. The van der Waals surface area contributed by atoms with Crippen LogP contribution in [0, 0.1) is 0 Å². The number of ether oxygens (including phenoxy) is 2. The number of rotatable bonds is 3. The zero-order valence-electron chi connectivity index (χ0n) is 8.56. The molecule has 0 amide bonds. The van der Waals surface area contributed by atoms with Crippen molar-refractivity contribution in [2.24, 2.45) is 0 Å². The van der Waals surface area contributed by atoms with E-state index >= 15 is 0 Å². The number of esters is 2. The third-order valence-corrected chi connectivity index (χ3v) is 1.95. The fourth-order valence-corrected chi connectivity index (χ4v) is 1.45. The Morgan fingerprint density at radius 3 is 2.40 bits per heavy atom. The van der Waals surface area contributed by atoms with Crippen LogP contribution >= 0.6 is 0 Å². The summed E-state index contributed by atoms with van der Waals surface area (Å²) in [5.41, 5.74) is 0.479. The molecule has 0 unspecified atom stereocenters. The molecule has 0 aromatic rings. The van der Waals surface area contributed by atoms with E-state index in [-0.39, 0.29) is 0 Å². The van der Waals surface area contributed by atoms with Gasteiger partial charge in [0.2, 0.25) is 0 Å². The summed E-state index contributed by atoms with van der Waals surface area (Å²) in [4.78, 5) is 32.0. The molecular weight excluding hydrogens is 200 g/mol. The molecule has 0 saturated heterocycles. The van der Waals surface area contributed by atoms with Gasteiger partial charge in [-0.2, -0.15) is 0 Å². The maximum absolute atomic E-state index is 10.8. The lowest BCUT2D eigenvalue weighted by molar-refractivity contribution is -0.160. The van der Waals surface area contributed by atoms with Crippen molar-refractivity contribution >= 4 is 18.2 Å². The first kappa shape index (κ1) is 11.4. The van der Waals surface area contributed by atoms with Crippen molar-refractivity contribution in [3.63, 3.8) is 0 Å². The Kier molecular flexibility index (Phi) is 3.60. The summed E-state index contributed by atoms with van der Waals surface area (Å²) < 4.78 is 9.83. The van der Waals surface area contributed by atoms with Gasteiger partial charge in [0.1, 0.15) is 12.4 Å². The van der Waals surface area contributed by atoms with Gasteiger partial charge >= 0.3 is 11.9 Å². The van der Waals surface area contributed by atoms with E-state index in [2.05, 4.69) is 0 Å². The minimum Gasteiger partial charge on any atom is -0.458 e. The van der Waals surface area contributed by atoms with Crippen LogP contribution in [-0.4, -0.2) is 30.4 Å². The number of hydrogen-bond acceptors (Lipinski definition) is 5.